The highest BCUT2D eigenvalue weighted by molar-refractivity contribution is 5.80. The van der Waals surface area contributed by atoms with E-state index in [-0.39, 0.29) is 11.9 Å². The second-order valence-corrected chi connectivity index (χ2v) is 8.07. The lowest BCUT2D eigenvalue weighted by Gasteiger charge is -2.25. The lowest BCUT2D eigenvalue weighted by molar-refractivity contribution is 0.267. The largest absolute Gasteiger partial charge is 0.355 e. The van der Waals surface area contributed by atoms with E-state index >= 15 is 0 Å². The number of halogens is 1. The fraction of sp³-hybridized carbons (Fsp3) is 0.591. The third kappa shape index (κ3) is 5.36. The van der Waals surface area contributed by atoms with Crippen molar-refractivity contribution < 1.29 is 4.39 Å². The van der Waals surface area contributed by atoms with Crippen molar-refractivity contribution in [2.75, 3.05) is 19.6 Å². The highest BCUT2D eigenvalue weighted by Gasteiger charge is 2.23. The zero-order valence-electron chi connectivity index (χ0n) is 18.7. The van der Waals surface area contributed by atoms with Gasteiger partial charge in [0.15, 0.2) is 11.8 Å². The summed E-state index contributed by atoms with van der Waals surface area (Å²) in [4.78, 5) is 7.24. The number of guanidine groups is 1. The van der Waals surface area contributed by atoms with Crippen LogP contribution >= 0.6 is 0 Å². The summed E-state index contributed by atoms with van der Waals surface area (Å²) in [5.41, 5.74) is 1.54. The summed E-state index contributed by atoms with van der Waals surface area (Å²) in [6.45, 7) is 11.4. The number of nitrogens with zero attached hydrogens (tertiary/aromatic N) is 5. The average Bonchev–Trinajstić information content (AvgIpc) is 3.32. The van der Waals surface area contributed by atoms with Crippen molar-refractivity contribution in [1.82, 2.24) is 30.3 Å². The molecule has 1 aromatic carbocycles. The fourth-order valence-corrected chi connectivity index (χ4v) is 3.82. The molecule has 8 heteroatoms. The fourth-order valence-electron chi connectivity index (χ4n) is 3.82. The van der Waals surface area contributed by atoms with Crippen LogP contribution in [0.2, 0.25) is 0 Å². The molecule has 0 spiro atoms. The normalized spacial score (nSPS) is 18.6. The van der Waals surface area contributed by atoms with E-state index in [0.717, 1.165) is 36.8 Å². The summed E-state index contributed by atoms with van der Waals surface area (Å²) in [6.07, 6.45) is 2.42. The molecule has 0 bridgehead atoms. The molecule has 0 saturated carbocycles. The van der Waals surface area contributed by atoms with E-state index in [4.69, 9.17) is 4.99 Å². The van der Waals surface area contributed by atoms with Crippen LogP contribution in [0.5, 0.6) is 0 Å². The van der Waals surface area contributed by atoms with E-state index in [1.54, 1.807) is 13.0 Å². The number of rotatable bonds is 7. The van der Waals surface area contributed by atoms with E-state index in [9.17, 15) is 4.39 Å². The molecule has 2 heterocycles. The van der Waals surface area contributed by atoms with Gasteiger partial charge in [-0.1, -0.05) is 19.1 Å². The molecule has 2 N–H and O–H groups in total. The summed E-state index contributed by atoms with van der Waals surface area (Å²) in [5, 5.41) is 15.2. The first-order chi connectivity index (χ1) is 14.4. The number of nitrogens with one attached hydrogen (secondary N) is 2. The maximum atomic E-state index is 14.0. The standard InChI is InChI=1S/C22H34FN7/c1-6-30-11-7-8-19(30)13-24-22(25-14-21-28-27-17(4)29(21)5)26-16(3)18-10-9-15(2)20(23)12-18/h9-10,12,16,19H,6-8,11,13-14H2,1-5H3,(H2,24,25,26). The predicted molar refractivity (Wildman–Crippen MR) is 118 cm³/mol. The number of likely N-dealkylation sites (tertiary alicyclic amines) is 1. The average molecular weight is 416 g/mol. The van der Waals surface area contributed by atoms with Gasteiger partial charge >= 0.3 is 0 Å². The van der Waals surface area contributed by atoms with Gasteiger partial charge in [0.25, 0.3) is 0 Å². The molecule has 1 fully saturated rings. The minimum atomic E-state index is -0.188. The van der Waals surface area contributed by atoms with Crippen molar-refractivity contribution in [1.29, 1.82) is 0 Å². The van der Waals surface area contributed by atoms with Crippen LogP contribution < -0.4 is 10.6 Å². The van der Waals surface area contributed by atoms with Gasteiger partial charge in [-0.3, -0.25) is 4.90 Å². The Balaban J connectivity index is 1.72. The van der Waals surface area contributed by atoms with E-state index in [1.807, 2.05) is 37.6 Å². The summed E-state index contributed by atoms with van der Waals surface area (Å²) < 4.78 is 16.0. The monoisotopic (exact) mass is 415 g/mol. The van der Waals surface area contributed by atoms with E-state index in [0.29, 0.717) is 24.1 Å². The van der Waals surface area contributed by atoms with Crippen LogP contribution in [0.3, 0.4) is 0 Å². The smallest absolute Gasteiger partial charge is 0.192 e. The predicted octanol–water partition coefficient (Wildman–Crippen LogP) is 2.85. The Hall–Kier alpha value is -2.48. The summed E-state index contributed by atoms with van der Waals surface area (Å²) in [5.74, 6) is 2.17. The van der Waals surface area contributed by atoms with E-state index < -0.39 is 0 Å². The van der Waals surface area contributed by atoms with Crippen LogP contribution in [-0.2, 0) is 13.6 Å². The Kier molecular flexibility index (Phi) is 7.42. The molecule has 1 saturated heterocycles. The van der Waals surface area contributed by atoms with E-state index in [1.165, 1.54) is 12.8 Å². The molecule has 1 aliphatic rings. The van der Waals surface area contributed by atoms with Gasteiger partial charge in [0.2, 0.25) is 0 Å². The molecule has 2 atom stereocenters. The number of hydrogen-bond acceptors (Lipinski definition) is 4. The van der Waals surface area contributed by atoms with Crippen LogP contribution in [0, 0.1) is 19.7 Å². The van der Waals surface area contributed by atoms with Crippen molar-refractivity contribution in [3.05, 3.63) is 46.8 Å². The molecule has 30 heavy (non-hydrogen) atoms. The van der Waals surface area contributed by atoms with Crippen molar-refractivity contribution >= 4 is 5.96 Å². The summed E-state index contributed by atoms with van der Waals surface area (Å²) in [6, 6.07) is 5.78. The SMILES string of the molecule is CCN1CCCC1CNC(=NCc1nnc(C)n1C)NC(C)c1ccc(C)c(F)c1. The van der Waals surface area contributed by atoms with Crippen LogP contribution in [0.1, 0.15) is 55.5 Å². The minimum Gasteiger partial charge on any atom is -0.355 e. The molecule has 3 rings (SSSR count). The first-order valence-electron chi connectivity index (χ1n) is 10.8. The van der Waals surface area contributed by atoms with Crippen LogP contribution in [0.15, 0.2) is 23.2 Å². The van der Waals surface area contributed by atoms with Gasteiger partial charge in [0.05, 0.1) is 6.04 Å². The van der Waals surface area contributed by atoms with Crippen molar-refractivity contribution in [2.24, 2.45) is 12.0 Å². The molecule has 1 aromatic heterocycles. The molecule has 2 aromatic rings. The molecular weight excluding hydrogens is 381 g/mol. The van der Waals surface area contributed by atoms with Crippen molar-refractivity contribution in [3.63, 3.8) is 0 Å². The summed E-state index contributed by atoms with van der Waals surface area (Å²) in [7, 11) is 1.94. The van der Waals surface area contributed by atoms with Crippen molar-refractivity contribution in [3.8, 4) is 0 Å². The maximum Gasteiger partial charge on any atom is 0.192 e. The van der Waals surface area contributed by atoms with Crippen LogP contribution in [0.25, 0.3) is 0 Å². The minimum absolute atomic E-state index is 0.0848. The molecule has 7 nitrogen and oxygen atoms in total. The number of likely N-dealkylation sites (N-methyl/N-ethyl adjacent to an activating group) is 1. The zero-order valence-corrected chi connectivity index (χ0v) is 18.7. The third-order valence-corrected chi connectivity index (χ3v) is 6.02. The second-order valence-electron chi connectivity index (χ2n) is 8.07. The molecule has 1 aliphatic heterocycles. The highest BCUT2D eigenvalue weighted by Crippen LogP contribution is 2.17. The Bertz CT molecular complexity index is 876. The maximum absolute atomic E-state index is 14.0. The Morgan fingerprint density at radius 2 is 2.13 bits per heavy atom. The first kappa shape index (κ1) is 22.2. The Morgan fingerprint density at radius 3 is 2.80 bits per heavy atom. The molecule has 0 radical (unpaired) electrons. The third-order valence-electron chi connectivity index (χ3n) is 6.02. The lowest BCUT2D eigenvalue weighted by atomic mass is 10.1. The summed E-state index contributed by atoms with van der Waals surface area (Å²) >= 11 is 0. The van der Waals surface area contributed by atoms with Crippen LogP contribution in [-0.4, -0.2) is 51.3 Å². The van der Waals surface area contributed by atoms with Gasteiger partial charge in [0.1, 0.15) is 18.2 Å². The molecule has 164 valence electrons. The Labute approximate surface area is 178 Å². The number of benzene rings is 1. The first-order valence-corrected chi connectivity index (χ1v) is 10.8. The van der Waals surface area contributed by atoms with Gasteiger partial charge in [-0.15, -0.1) is 10.2 Å². The van der Waals surface area contributed by atoms with Gasteiger partial charge in [-0.25, -0.2) is 9.38 Å². The molecule has 2 unspecified atom stereocenters. The topological polar surface area (TPSA) is 70.4 Å². The quantitative estimate of drug-likeness (QED) is 0.538. The molecular formula is C22H34FN7. The van der Waals surface area contributed by atoms with Crippen LogP contribution in [0.4, 0.5) is 4.39 Å². The van der Waals surface area contributed by atoms with Gasteiger partial charge in [-0.05, 0) is 63.9 Å². The number of hydrogen-bond donors (Lipinski definition) is 2. The number of aryl methyl sites for hydroxylation is 2. The zero-order chi connectivity index (χ0) is 21.7. The molecule has 0 aliphatic carbocycles. The van der Waals surface area contributed by atoms with Gasteiger partial charge in [-0.2, -0.15) is 0 Å². The number of aliphatic imine (C=N–C) groups is 1. The number of aromatic nitrogens is 3. The van der Waals surface area contributed by atoms with Gasteiger partial charge < -0.3 is 15.2 Å². The second kappa shape index (κ2) is 10.0. The Morgan fingerprint density at radius 1 is 1.33 bits per heavy atom. The lowest BCUT2D eigenvalue weighted by Crippen LogP contribution is -2.45. The van der Waals surface area contributed by atoms with E-state index in [2.05, 4.69) is 32.7 Å². The van der Waals surface area contributed by atoms with Crippen molar-refractivity contribution in [2.45, 2.75) is 59.2 Å². The molecule has 0 amide bonds. The highest BCUT2D eigenvalue weighted by atomic mass is 19.1. The van der Waals surface area contributed by atoms with Gasteiger partial charge in [0, 0.05) is 19.6 Å².